The summed E-state index contributed by atoms with van der Waals surface area (Å²) < 4.78 is 1.43. The fourth-order valence-corrected chi connectivity index (χ4v) is 2.36. The standard InChI is InChI=1S/C18H21NO3/c1-12-9-10-19(16(20)15(12)17(21)22)11-13-5-7-14(8-6-13)18(2,3)4/h5-10H,11H2,1-4H3,(H,21,22). The van der Waals surface area contributed by atoms with E-state index in [0.717, 1.165) is 5.56 Å². The SMILES string of the molecule is Cc1ccn(Cc2ccc(C(C)(C)C)cc2)c(=O)c1C(=O)O. The number of carboxylic acid groups (broad SMARTS) is 1. The number of carboxylic acids is 1. The van der Waals surface area contributed by atoms with Gasteiger partial charge in [0.15, 0.2) is 0 Å². The first-order chi connectivity index (χ1) is 10.2. The van der Waals surface area contributed by atoms with Crippen LogP contribution in [0.4, 0.5) is 0 Å². The van der Waals surface area contributed by atoms with E-state index in [1.165, 1.54) is 10.1 Å². The highest BCUT2D eigenvalue weighted by molar-refractivity contribution is 5.88. The largest absolute Gasteiger partial charge is 0.477 e. The molecule has 0 aliphatic carbocycles. The highest BCUT2D eigenvalue weighted by Gasteiger charge is 2.15. The van der Waals surface area contributed by atoms with Crippen LogP contribution in [-0.2, 0) is 12.0 Å². The Morgan fingerprint density at radius 1 is 1.14 bits per heavy atom. The smallest absolute Gasteiger partial charge is 0.341 e. The molecule has 2 aromatic rings. The number of hydrogen-bond acceptors (Lipinski definition) is 2. The van der Waals surface area contributed by atoms with Crippen molar-refractivity contribution in [3.63, 3.8) is 0 Å². The van der Waals surface area contributed by atoms with Gasteiger partial charge >= 0.3 is 5.97 Å². The molecule has 116 valence electrons. The molecule has 1 aromatic heterocycles. The molecule has 0 spiro atoms. The zero-order chi connectivity index (χ0) is 16.5. The molecular weight excluding hydrogens is 278 g/mol. The molecule has 0 atom stereocenters. The Labute approximate surface area is 130 Å². The van der Waals surface area contributed by atoms with E-state index in [1.54, 1.807) is 19.2 Å². The van der Waals surface area contributed by atoms with Crippen LogP contribution >= 0.6 is 0 Å². The number of pyridine rings is 1. The molecule has 0 amide bonds. The molecule has 0 aliphatic rings. The summed E-state index contributed by atoms with van der Waals surface area (Å²) in [6.45, 7) is 8.43. The first kappa shape index (κ1) is 16.0. The average molecular weight is 299 g/mol. The number of rotatable bonds is 3. The Morgan fingerprint density at radius 2 is 1.73 bits per heavy atom. The number of aryl methyl sites for hydroxylation is 1. The third kappa shape index (κ3) is 3.27. The van der Waals surface area contributed by atoms with Crippen LogP contribution in [0.15, 0.2) is 41.3 Å². The molecule has 0 saturated carbocycles. The Morgan fingerprint density at radius 3 is 2.23 bits per heavy atom. The Balaban J connectivity index is 2.34. The molecule has 0 fully saturated rings. The summed E-state index contributed by atoms with van der Waals surface area (Å²) in [5.74, 6) is -1.18. The van der Waals surface area contributed by atoms with Crippen molar-refractivity contribution in [1.82, 2.24) is 4.57 Å². The van der Waals surface area contributed by atoms with Gasteiger partial charge in [-0.05, 0) is 35.1 Å². The summed E-state index contributed by atoms with van der Waals surface area (Å²) in [4.78, 5) is 23.4. The Kier molecular flexibility index (Phi) is 4.22. The van der Waals surface area contributed by atoms with Crippen LogP contribution < -0.4 is 5.56 Å². The van der Waals surface area contributed by atoms with Crippen molar-refractivity contribution in [1.29, 1.82) is 0 Å². The number of aromatic carboxylic acids is 1. The predicted octanol–water partition coefficient (Wildman–Crippen LogP) is 3.20. The topological polar surface area (TPSA) is 59.3 Å². The van der Waals surface area contributed by atoms with Crippen LogP contribution in [0.2, 0.25) is 0 Å². The van der Waals surface area contributed by atoms with Crippen molar-refractivity contribution in [2.45, 2.75) is 39.7 Å². The number of hydrogen-bond donors (Lipinski definition) is 1. The van der Waals surface area contributed by atoms with Crippen molar-refractivity contribution in [2.24, 2.45) is 0 Å². The maximum atomic E-state index is 12.2. The van der Waals surface area contributed by atoms with E-state index >= 15 is 0 Å². The van der Waals surface area contributed by atoms with E-state index in [4.69, 9.17) is 5.11 Å². The highest BCUT2D eigenvalue weighted by Crippen LogP contribution is 2.22. The third-order valence-corrected chi connectivity index (χ3v) is 3.76. The number of aromatic nitrogens is 1. The summed E-state index contributed by atoms with van der Waals surface area (Å²) in [5, 5.41) is 9.15. The van der Waals surface area contributed by atoms with Gasteiger partial charge in [-0.25, -0.2) is 4.79 Å². The van der Waals surface area contributed by atoms with E-state index in [-0.39, 0.29) is 11.0 Å². The third-order valence-electron chi connectivity index (χ3n) is 3.76. The summed E-state index contributed by atoms with van der Waals surface area (Å²) in [6.07, 6.45) is 1.64. The lowest BCUT2D eigenvalue weighted by atomic mass is 9.87. The van der Waals surface area contributed by atoms with Crippen molar-refractivity contribution in [2.75, 3.05) is 0 Å². The molecule has 4 nitrogen and oxygen atoms in total. The van der Waals surface area contributed by atoms with E-state index in [1.807, 2.05) is 24.3 Å². The van der Waals surface area contributed by atoms with Crippen molar-refractivity contribution in [3.8, 4) is 0 Å². The van der Waals surface area contributed by atoms with E-state index in [0.29, 0.717) is 12.1 Å². The minimum atomic E-state index is -1.18. The molecular formula is C18H21NO3. The predicted molar refractivity (Wildman–Crippen MR) is 86.6 cm³/mol. The van der Waals surface area contributed by atoms with Crippen LogP contribution in [0, 0.1) is 6.92 Å². The maximum absolute atomic E-state index is 12.2. The average Bonchev–Trinajstić information content (AvgIpc) is 2.41. The Bertz CT molecular complexity index is 749. The van der Waals surface area contributed by atoms with Crippen LogP contribution in [0.3, 0.4) is 0 Å². The van der Waals surface area contributed by atoms with Gasteiger partial charge in [-0.1, -0.05) is 45.0 Å². The summed E-state index contributed by atoms with van der Waals surface area (Å²) in [6, 6.07) is 9.72. The van der Waals surface area contributed by atoms with Crippen LogP contribution in [0.25, 0.3) is 0 Å². The van der Waals surface area contributed by atoms with Crippen LogP contribution in [-0.4, -0.2) is 15.6 Å². The zero-order valence-electron chi connectivity index (χ0n) is 13.4. The quantitative estimate of drug-likeness (QED) is 0.946. The number of carbonyl (C=O) groups is 1. The lowest BCUT2D eigenvalue weighted by molar-refractivity contribution is 0.0693. The van der Waals surface area contributed by atoms with Crippen LogP contribution in [0.1, 0.15) is 47.8 Å². The second-order valence-corrected chi connectivity index (χ2v) is 6.56. The molecule has 1 heterocycles. The van der Waals surface area contributed by atoms with Crippen LogP contribution in [0.5, 0.6) is 0 Å². The number of benzene rings is 1. The van der Waals surface area contributed by atoms with E-state index in [2.05, 4.69) is 20.8 Å². The number of nitrogens with zero attached hydrogens (tertiary/aromatic N) is 1. The van der Waals surface area contributed by atoms with E-state index in [9.17, 15) is 9.59 Å². The molecule has 22 heavy (non-hydrogen) atoms. The van der Waals surface area contributed by atoms with E-state index < -0.39 is 11.5 Å². The normalized spacial score (nSPS) is 11.5. The van der Waals surface area contributed by atoms with Gasteiger partial charge in [0, 0.05) is 6.20 Å². The highest BCUT2D eigenvalue weighted by atomic mass is 16.4. The second kappa shape index (κ2) is 5.79. The van der Waals surface area contributed by atoms with Gasteiger partial charge in [-0.15, -0.1) is 0 Å². The molecule has 0 saturated heterocycles. The first-order valence-electron chi connectivity index (χ1n) is 7.23. The van der Waals surface area contributed by atoms with Gasteiger partial charge in [0.25, 0.3) is 5.56 Å². The molecule has 0 aliphatic heterocycles. The first-order valence-corrected chi connectivity index (χ1v) is 7.23. The zero-order valence-corrected chi connectivity index (χ0v) is 13.4. The fourth-order valence-electron chi connectivity index (χ4n) is 2.36. The molecule has 1 N–H and O–H groups in total. The van der Waals surface area contributed by atoms with Crippen molar-refractivity contribution >= 4 is 5.97 Å². The molecule has 4 heteroatoms. The van der Waals surface area contributed by atoms with Crippen molar-refractivity contribution in [3.05, 3.63) is 69.1 Å². The molecule has 0 radical (unpaired) electrons. The van der Waals surface area contributed by atoms with Gasteiger partial charge in [-0.2, -0.15) is 0 Å². The van der Waals surface area contributed by atoms with Crippen molar-refractivity contribution < 1.29 is 9.90 Å². The minimum Gasteiger partial charge on any atom is -0.477 e. The Hall–Kier alpha value is -2.36. The van der Waals surface area contributed by atoms with Gasteiger partial charge < -0.3 is 9.67 Å². The fraction of sp³-hybridized carbons (Fsp3) is 0.333. The summed E-state index contributed by atoms with van der Waals surface area (Å²) >= 11 is 0. The summed E-state index contributed by atoms with van der Waals surface area (Å²) in [7, 11) is 0. The molecule has 2 rings (SSSR count). The maximum Gasteiger partial charge on any atom is 0.341 e. The minimum absolute atomic E-state index is 0.0791. The van der Waals surface area contributed by atoms with Gasteiger partial charge in [0.05, 0.1) is 6.54 Å². The molecule has 0 unspecified atom stereocenters. The second-order valence-electron chi connectivity index (χ2n) is 6.56. The monoisotopic (exact) mass is 299 g/mol. The van der Waals surface area contributed by atoms with Gasteiger partial charge in [0.2, 0.25) is 0 Å². The van der Waals surface area contributed by atoms with Gasteiger partial charge in [0.1, 0.15) is 5.56 Å². The lowest BCUT2D eigenvalue weighted by Crippen LogP contribution is -2.27. The summed E-state index contributed by atoms with van der Waals surface area (Å²) in [5.41, 5.74) is 2.13. The lowest BCUT2D eigenvalue weighted by Gasteiger charge is -2.19. The van der Waals surface area contributed by atoms with Gasteiger partial charge in [-0.3, -0.25) is 4.79 Å². The molecule has 1 aromatic carbocycles. The molecule has 0 bridgehead atoms.